The number of anilines is 2. The summed E-state index contributed by atoms with van der Waals surface area (Å²) in [5.74, 6) is -6.17. The molecule has 0 aromatic heterocycles. The number of aromatic hydroxyl groups is 1. The van der Waals surface area contributed by atoms with E-state index >= 15 is 4.79 Å². The maximum atomic E-state index is 15.2. The van der Waals surface area contributed by atoms with Gasteiger partial charge in [0.1, 0.15) is 17.3 Å². The van der Waals surface area contributed by atoms with Crippen LogP contribution in [0, 0.1) is 29.5 Å². The van der Waals surface area contributed by atoms with Gasteiger partial charge in [0, 0.05) is 27.6 Å². The highest BCUT2D eigenvalue weighted by Gasteiger charge is 2.70. The topological polar surface area (TPSA) is 116 Å². The van der Waals surface area contributed by atoms with Crippen LogP contribution in [0.2, 0.25) is 10.0 Å². The molecule has 2 aliphatic carbocycles. The number of amides is 4. The van der Waals surface area contributed by atoms with Gasteiger partial charge >= 0.3 is 0 Å². The number of imide groups is 2. The van der Waals surface area contributed by atoms with E-state index in [2.05, 4.69) is 5.43 Å². The average Bonchev–Trinajstić information content (AvgIpc) is 3.50. The van der Waals surface area contributed by atoms with Gasteiger partial charge < -0.3 is 9.84 Å². The van der Waals surface area contributed by atoms with E-state index in [9.17, 15) is 23.9 Å². The first-order chi connectivity index (χ1) is 24.5. The molecule has 3 fully saturated rings. The van der Waals surface area contributed by atoms with Crippen LogP contribution in [0.3, 0.4) is 0 Å². The summed E-state index contributed by atoms with van der Waals surface area (Å²) in [5, 5.41) is 12.3. The summed E-state index contributed by atoms with van der Waals surface area (Å²) in [6.45, 7) is 0. The number of phenols is 1. The maximum absolute atomic E-state index is 15.2. The number of methoxy groups -OCH3 is 1. The number of rotatable bonds is 6. The van der Waals surface area contributed by atoms with Gasteiger partial charge in [0.15, 0.2) is 0 Å². The summed E-state index contributed by atoms with van der Waals surface area (Å²) in [5.41, 5.74) is 3.79. The molecule has 6 atom stereocenters. The molecule has 2 heterocycles. The number of nitrogens with zero attached hydrogens (tertiary/aromatic N) is 2. The van der Waals surface area contributed by atoms with Crippen molar-refractivity contribution < 1.29 is 33.4 Å². The minimum absolute atomic E-state index is 0.0682. The third-order valence-corrected chi connectivity index (χ3v) is 11.4. The van der Waals surface area contributed by atoms with Crippen LogP contribution in [0.4, 0.5) is 15.8 Å². The van der Waals surface area contributed by atoms with Crippen molar-refractivity contribution in [2.24, 2.45) is 23.7 Å². The van der Waals surface area contributed by atoms with Gasteiger partial charge in [0.2, 0.25) is 11.8 Å². The van der Waals surface area contributed by atoms with Gasteiger partial charge in [-0.1, -0.05) is 53.1 Å². The quantitative estimate of drug-likeness (QED) is 0.162. The van der Waals surface area contributed by atoms with Crippen molar-refractivity contribution in [1.82, 2.24) is 5.01 Å². The summed E-state index contributed by atoms with van der Waals surface area (Å²) in [7, 11) is 1.45. The summed E-state index contributed by atoms with van der Waals surface area (Å²) in [4.78, 5) is 59.6. The molecule has 0 bridgehead atoms. The van der Waals surface area contributed by atoms with Crippen molar-refractivity contribution in [3.63, 3.8) is 0 Å². The Labute approximate surface area is 302 Å². The summed E-state index contributed by atoms with van der Waals surface area (Å²) in [6, 6.07) is 23.1. The van der Waals surface area contributed by atoms with E-state index in [-0.39, 0.29) is 30.2 Å². The molecule has 0 unspecified atom stereocenters. The lowest BCUT2D eigenvalue weighted by atomic mass is 9.49. The summed E-state index contributed by atoms with van der Waals surface area (Å²) < 4.78 is 19.7. The molecule has 12 heteroatoms. The minimum Gasteiger partial charge on any atom is -0.508 e. The Hall–Kier alpha value is -5.19. The smallest absolute Gasteiger partial charge is 0.260 e. The molecule has 1 saturated carbocycles. The second-order valence-corrected chi connectivity index (χ2v) is 14.2. The molecule has 4 aliphatic rings. The zero-order valence-electron chi connectivity index (χ0n) is 27.1. The van der Waals surface area contributed by atoms with Crippen LogP contribution in [0.5, 0.6) is 11.5 Å². The molecular weight excluding hydrogens is 696 g/mol. The number of phenolic OH excluding ortho intramolecular Hbond substituents is 1. The summed E-state index contributed by atoms with van der Waals surface area (Å²) in [6.07, 6.45) is 2.23. The van der Waals surface area contributed by atoms with Crippen LogP contribution >= 0.6 is 23.2 Å². The van der Waals surface area contributed by atoms with Crippen molar-refractivity contribution in [3.05, 3.63) is 130 Å². The van der Waals surface area contributed by atoms with E-state index in [0.717, 1.165) is 10.6 Å². The molecule has 4 aromatic rings. The van der Waals surface area contributed by atoms with E-state index in [0.29, 0.717) is 32.5 Å². The zero-order chi connectivity index (χ0) is 35.8. The number of nitrogens with one attached hydrogen (secondary N) is 1. The fourth-order valence-corrected chi connectivity index (χ4v) is 9.03. The first kappa shape index (κ1) is 33.0. The Morgan fingerprint density at radius 2 is 1.51 bits per heavy atom. The Kier molecular flexibility index (Phi) is 7.92. The molecule has 51 heavy (non-hydrogen) atoms. The monoisotopic (exact) mass is 725 g/mol. The van der Waals surface area contributed by atoms with Crippen LogP contribution in [0.15, 0.2) is 103 Å². The van der Waals surface area contributed by atoms with E-state index in [4.69, 9.17) is 27.9 Å². The number of hydrogen-bond acceptors (Lipinski definition) is 7. The minimum atomic E-state index is -1.59. The maximum Gasteiger partial charge on any atom is 0.260 e. The van der Waals surface area contributed by atoms with Crippen LogP contribution in [0.25, 0.3) is 0 Å². The van der Waals surface area contributed by atoms with Crippen molar-refractivity contribution in [3.8, 4) is 11.5 Å². The highest BCUT2D eigenvalue weighted by Crippen LogP contribution is 2.65. The van der Waals surface area contributed by atoms with Crippen LogP contribution in [-0.4, -0.2) is 40.9 Å². The second-order valence-electron chi connectivity index (χ2n) is 13.3. The fourth-order valence-electron chi connectivity index (χ4n) is 8.78. The van der Waals surface area contributed by atoms with Crippen molar-refractivity contribution in [2.45, 2.75) is 24.2 Å². The number of fused-ring (bicyclic) bond motifs is 4. The molecule has 2 saturated heterocycles. The van der Waals surface area contributed by atoms with Crippen molar-refractivity contribution in [2.75, 3.05) is 17.4 Å². The number of benzene rings is 4. The van der Waals surface area contributed by atoms with Gasteiger partial charge in [-0.15, -0.1) is 0 Å². The predicted molar refractivity (Wildman–Crippen MR) is 188 cm³/mol. The number of halogens is 3. The van der Waals surface area contributed by atoms with Crippen LogP contribution in [-0.2, 0) is 24.6 Å². The molecule has 0 radical (unpaired) electrons. The molecular formula is C39H30Cl2FN3O6. The number of ether oxygens (including phenoxy) is 1. The standard InChI is InChI=1S/C39H30Cl2FN3O6/c1-51-32-18-26(46)14-15-28(32)34-27-16-17-29-33(37(49)44(35(29)47)25-12-6-22(41)7-13-25)30(27)19-31-36(48)45(43-24-10-8-23(42)9-11-24)38(50)39(31,34)20-2-4-21(40)5-3-20/h2-16,18,29-31,33-34,43,46H,17,19H2,1H3/t29-,30+,31-,33-,34+,39+/m0/s1. The number of hydrogen-bond donors (Lipinski definition) is 2. The predicted octanol–water partition coefficient (Wildman–Crippen LogP) is 7.04. The van der Waals surface area contributed by atoms with Gasteiger partial charge in [-0.3, -0.25) is 29.5 Å². The lowest BCUT2D eigenvalue weighted by Gasteiger charge is -2.50. The number of hydrazine groups is 1. The molecule has 4 aromatic carbocycles. The lowest BCUT2D eigenvalue weighted by Crippen LogP contribution is -2.53. The third kappa shape index (κ3) is 4.95. The van der Waals surface area contributed by atoms with Crippen molar-refractivity contribution >= 4 is 58.2 Å². The normalized spacial score (nSPS) is 26.8. The molecule has 4 amide bonds. The SMILES string of the molecule is COc1cc(O)ccc1[C@H]1C2=CC[C@@H]3C(=O)N(c4ccc(Cl)cc4)C(=O)[C@@H]3[C@@H]2C[C@H]2C(=O)N(Nc3ccc(F)cc3)C(=O)[C@@]12c1ccc(Cl)cc1. The summed E-state index contributed by atoms with van der Waals surface area (Å²) >= 11 is 12.5. The largest absolute Gasteiger partial charge is 0.508 e. The zero-order valence-corrected chi connectivity index (χ0v) is 28.6. The highest BCUT2D eigenvalue weighted by atomic mass is 35.5. The van der Waals surface area contributed by atoms with E-state index in [1.807, 2.05) is 6.08 Å². The molecule has 258 valence electrons. The fraction of sp³-hybridized carbons (Fsp3) is 0.231. The first-order valence-electron chi connectivity index (χ1n) is 16.4. The molecule has 2 N–H and O–H groups in total. The first-order valence-corrected chi connectivity index (χ1v) is 17.2. The molecule has 8 rings (SSSR count). The van der Waals surface area contributed by atoms with Crippen LogP contribution < -0.4 is 15.1 Å². The number of carbonyl (C=O) groups is 4. The lowest BCUT2D eigenvalue weighted by molar-refractivity contribution is -0.138. The third-order valence-electron chi connectivity index (χ3n) is 10.9. The molecule has 2 aliphatic heterocycles. The van der Waals surface area contributed by atoms with Crippen molar-refractivity contribution in [1.29, 1.82) is 0 Å². The average molecular weight is 727 g/mol. The van der Waals surface area contributed by atoms with Gasteiger partial charge in [-0.05, 0) is 91.1 Å². The van der Waals surface area contributed by atoms with Gasteiger partial charge in [-0.2, -0.15) is 5.01 Å². The van der Waals surface area contributed by atoms with Gasteiger partial charge in [-0.25, -0.2) is 4.39 Å². The Balaban J connectivity index is 1.34. The Morgan fingerprint density at radius 1 is 0.843 bits per heavy atom. The van der Waals surface area contributed by atoms with Crippen LogP contribution in [0.1, 0.15) is 29.9 Å². The highest BCUT2D eigenvalue weighted by molar-refractivity contribution is 6.31. The van der Waals surface area contributed by atoms with E-state index in [1.54, 1.807) is 54.6 Å². The Morgan fingerprint density at radius 3 is 2.18 bits per heavy atom. The Bertz CT molecular complexity index is 2140. The second kappa shape index (κ2) is 12.2. The number of allylic oxidation sites excluding steroid dienone is 2. The van der Waals surface area contributed by atoms with Gasteiger partial charge in [0.05, 0.1) is 41.7 Å². The van der Waals surface area contributed by atoms with E-state index in [1.165, 1.54) is 48.4 Å². The van der Waals surface area contributed by atoms with Gasteiger partial charge in [0.25, 0.3) is 11.8 Å². The molecule has 9 nitrogen and oxygen atoms in total. The number of carbonyl (C=O) groups excluding carboxylic acids is 4. The molecule has 0 spiro atoms. The van der Waals surface area contributed by atoms with E-state index < -0.39 is 58.5 Å².